The van der Waals surface area contributed by atoms with E-state index in [1.165, 1.54) is 19.3 Å². The molecule has 4 atom stereocenters. The first-order chi connectivity index (χ1) is 8.92. The van der Waals surface area contributed by atoms with Gasteiger partial charge in [-0.05, 0) is 43.1 Å². The molecule has 0 spiro atoms. The molecule has 3 heteroatoms. The molecule has 2 unspecified atom stereocenters. The first kappa shape index (κ1) is 13.8. The minimum atomic E-state index is 0.372. The Morgan fingerprint density at radius 1 is 1.32 bits per heavy atom. The molecule has 0 aromatic rings. The highest BCUT2D eigenvalue weighted by molar-refractivity contribution is 5.12. The fourth-order valence-corrected chi connectivity index (χ4v) is 5.05. The van der Waals surface area contributed by atoms with E-state index < -0.39 is 0 Å². The number of nitrogens with zero attached hydrogens (tertiary/aromatic N) is 1. The zero-order valence-electron chi connectivity index (χ0n) is 13.0. The highest BCUT2D eigenvalue weighted by Gasteiger charge is 2.58. The van der Waals surface area contributed by atoms with Gasteiger partial charge in [-0.3, -0.25) is 0 Å². The molecule has 1 heterocycles. The molecule has 19 heavy (non-hydrogen) atoms. The number of morpholine rings is 1. The van der Waals surface area contributed by atoms with E-state index in [1.54, 1.807) is 0 Å². The molecular weight excluding hydrogens is 236 g/mol. The summed E-state index contributed by atoms with van der Waals surface area (Å²) >= 11 is 0. The lowest BCUT2D eigenvalue weighted by molar-refractivity contribution is -0.0249. The third-order valence-electron chi connectivity index (χ3n) is 6.16. The zero-order chi connectivity index (χ0) is 13.7. The molecule has 3 aliphatic rings. The molecule has 1 N–H and O–H groups in total. The number of nitrogens with one attached hydrogen (secondary N) is 1. The summed E-state index contributed by atoms with van der Waals surface area (Å²) in [6.07, 6.45) is 4.63. The minimum absolute atomic E-state index is 0.372. The number of hydrogen-bond donors (Lipinski definition) is 1. The van der Waals surface area contributed by atoms with Crippen LogP contribution in [-0.2, 0) is 4.74 Å². The average Bonchev–Trinajstić information content (AvgIpc) is 2.80. The molecule has 1 aliphatic heterocycles. The Morgan fingerprint density at radius 2 is 2.11 bits per heavy atom. The van der Waals surface area contributed by atoms with Gasteiger partial charge >= 0.3 is 0 Å². The van der Waals surface area contributed by atoms with Crippen LogP contribution in [0.4, 0.5) is 0 Å². The molecular formula is C16H30N2O. The maximum absolute atomic E-state index is 5.89. The minimum Gasteiger partial charge on any atom is -0.374 e. The van der Waals surface area contributed by atoms with Crippen molar-refractivity contribution in [2.24, 2.45) is 16.7 Å². The zero-order valence-corrected chi connectivity index (χ0v) is 13.0. The number of rotatable bonds is 3. The number of fused-ring (bicyclic) bond motifs is 2. The second-order valence-electron chi connectivity index (χ2n) is 8.01. The van der Waals surface area contributed by atoms with Crippen LogP contribution in [0.5, 0.6) is 0 Å². The van der Waals surface area contributed by atoms with E-state index in [0.29, 0.717) is 23.0 Å². The van der Waals surface area contributed by atoms with Crippen LogP contribution < -0.4 is 5.32 Å². The predicted molar refractivity (Wildman–Crippen MR) is 78.3 cm³/mol. The molecule has 3 rings (SSSR count). The van der Waals surface area contributed by atoms with Gasteiger partial charge in [-0.1, -0.05) is 20.8 Å². The largest absolute Gasteiger partial charge is 0.374 e. The molecule has 2 saturated carbocycles. The lowest BCUT2D eigenvalue weighted by Gasteiger charge is -2.44. The summed E-state index contributed by atoms with van der Waals surface area (Å²) in [6, 6.07) is 0.662. The van der Waals surface area contributed by atoms with Crippen molar-refractivity contribution in [1.29, 1.82) is 0 Å². The first-order valence-electron chi connectivity index (χ1n) is 7.95. The normalized spacial score (nSPS) is 45.8. The second kappa shape index (κ2) is 4.71. The van der Waals surface area contributed by atoms with Gasteiger partial charge in [-0.2, -0.15) is 0 Å². The molecule has 1 saturated heterocycles. The summed E-state index contributed by atoms with van der Waals surface area (Å²) in [5, 5.41) is 3.88. The fourth-order valence-electron chi connectivity index (χ4n) is 5.05. The van der Waals surface area contributed by atoms with E-state index in [0.717, 1.165) is 32.2 Å². The van der Waals surface area contributed by atoms with Crippen LogP contribution >= 0.6 is 0 Å². The molecule has 110 valence electrons. The van der Waals surface area contributed by atoms with Gasteiger partial charge in [-0.15, -0.1) is 0 Å². The van der Waals surface area contributed by atoms with Crippen LogP contribution in [0.3, 0.4) is 0 Å². The molecule has 2 bridgehead atoms. The van der Waals surface area contributed by atoms with Gasteiger partial charge in [0.25, 0.3) is 0 Å². The SMILES string of the molecule is CN1CCOC(CNC2C(C)(C)[C@H]3CC[C@]2(C)C3)C1. The standard InChI is InChI=1S/C16H30N2O/c1-15(2)12-5-6-16(3,9-12)14(15)17-10-13-11-18(4)7-8-19-13/h12-14,17H,5-11H2,1-4H3/t12-,13?,14?,16+/m0/s1. The van der Waals surface area contributed by atoms with E-state index in [1.807, 2.05) is 0 Å². The van der Waals surface area contributed by atoms with Crippen molar-refractivity contribution in [3.63, 3.8) is 0 Å². The number of likely N-dealkylation sites (N-methyl/N-ethyl adjacent to an activating group) is 1. The Kier molecular flexibility index (Phi) is 3.43. The Bertz CT molecular complexity index is 339. The van der Waals surface area contributed by atoms with Crippen LogP contribution in [0.1, 0.15) is 40.0 Å². The van der Waals surface area contributed by atoms with Gasteiger partial charge < -0.3 is 15.0 Å². The Morgan fingerprint density at radius 3 is 2.74 bits per heavy atom. The third-order valence-corrected chi connectivity index (χ3v) is 6.16. The lowest BCUT2D eigenvalue weighted by Crippen LogP contribution is -2.54. The van der Waals surface area contributed by atoms with Crippen LogP contribution in [0.15, 0.2) is 0 Å². The van der Waals surface area contributed by atoms with Crippen molar-refractivity contribution in [2.45, 2.75) is 52.2 Å². The van der Waals surface area contributed by atoms with Crippen molar-refractivity contribution in [2.75, 3.05) is 33.3 Å². The summed E-state index contributed by atoms with van der Waals surface area (Å²) in [5.74, 6) is 0.921. The van der Waals surface area contributed by atoms with Gasteiger partial charge in [0.15, 0.2) is 0 Å². The quantitative estimate of drug-likeness (QED) is 0.847. The van der Waals surface area contributed by atoms with Crippen molar-refractivity contribution < 1.29 is 4.74 Å². The van der Waals surface area contributed by atoms with Crippen LogP contribution in [0, 0.1) is 16.7 Å². The average molecular weight is 266 g/mol. The van der Waals surface area contributed by atoms with Crippen molar-refractivity contribution in [3.8, 4) is 0 Å². The van der Waals surface area contributed by atoms with Gasteiger partial charge in [0.2, 0.25) is 0 Å². The Balaban J connectivity index is 1.60. The van der Waals surface area contributed by atoms with Crippen molar-refractivity contribution in [1.82, 2.24) is 10.2 Å². The van der Waals surface area contributed by atoms with Crippen LogP contribution in [0.2, 0.25) is 0 Å². The lowest BCUT2D eigenvalue weighted by atomic mass is 9.68. The second-order valence-corrected chi connectivity index (χ2v) is 8.01. The number of ether oxygens (including phenoxy) is 1. The van der Waals surface area contributed by atoms with E-state index in [2.05, 4.69) is 38.0 Å². The summed E-state index contributed by atoms with van der Waals surface area (Å²) in [5.41, 5.74) is 0.975. The molecule has 0 aromatic carbocycles. The van der Waals surface area contributed by atoms with Crippen molar-refractivity contribution in [3.05, 3.63) is 0 Å². The molecule has 3 fully saturated rings. The highest BCUT2D eigenvalue weighted by Crippen LogP contribution is 2.62. The van der Waals surface area contributed by atoms with Gasteiger partial charge in [0, 0.05) is 25.7 Å². The maximum atomic E-state index is 5.89. The van der Waals surface area contributed by atoms with E-state index >= 15 is 0 Å². The molecule has 3 nitrogen and oxygen atoms in total. The summed E-state index contributed by atoms with van der Waals surface area (Å²) in [6.45, 7) is 11.5. The summed E-state index contributed by atoms with van der Waals surface area (Å²) in [4.78, 5) is 2.38. The molecule has 2 aliphatic carbocycles. The van der Waals surface area contributed by atoms with Gasteiger partial charge in [0.05, 0.1) is 12.7 Å². The van der Waals surface area contributed by atoms with Gasteiger partial charge in [-0.25, -0.2) is 0 Å². The summed E-state index contributed by atoms with van der Waals surface area (Å²) in [7, 11) is 2.19. The van der Waals surface area contributed by atoms with Crippen LogP contribution in [0.25, 0.3) is 0 Å². The smallest absolute Gasteiger partial charge is 0.0826 e. The molecule has 0 radical (unpaired) electrons. The van der Waals surface area contributed by atoms with E-state index in [4.69, 9.17) is 4.74 Å². The monoisotopic (exact) mass is 266 g/mol. The Labute approximate surface area is 118 Å². The predicted octanol–water partition coefficient (Wildman–Crippen LogP) is 2.12. The van der Waals surface area contributed by atoms with Crippen LogP contribution in [-0.4, -0.2) is 50.3 Å². The topological polar surface area (TPSA) is 24.5 Å². The first-order valence-corrected chi connectivity index (χ1v) is 7.95. The molecule has 0 aromatic heterocycles. The third kappa shape index (κ3) is 2.34. The van der Waals surface area contributed by atoms with Gasteiger partial charge in [0.1, 0.15) is 0 Å². The number of hydrogen-bond acceptors (Lipinski definition) is 3. The highest BCUT2D eigenvalue weighted by atomic mass is 16.5. The van der Waals surface area contributed by atoms with Crippen molar-refractivity contribution >= 4 is 0 Å². The molecule has 0 amide bonds. The summed E-state index contributed by atoms with van der Waals surface area (Å²) < 4.78 is 5.89. The fraction of sp³-hybridized carbons (Fsp3) is 1.00. The Hall–Kier alpha value is -0.120. The van der Waals surface area contributed by atoms with E-state index in [-0.39, 0.29) is 0 Å². The maximum Gasteiger partial charge on any atom is 0.0826 e. The van der Waals surface area contributed by atoms with E-state index in [9.17, 15) is 0 Å².